The lowest BCUT2D eigenvalue weighted by atomic mass is 10.0. The Morgan fingerprint density at radius 1 is 0.933 bits per heavy atom. The first-order chi connectivity index (χ1) is 14.4. The van der Waals surface area contributed by atoms with Crippen LogP contribution in [0, 0.1) is 5.82 Å². The Morgan fingerprint density at radius 3 is 2.37 bits per heavy atom. The Morgan fingerprint density at radius 2 is 1.67 bits per heavy atom. The number of halogens is 3. The number of ketones is 1. The van der Waals surface area contributed by atoms with Crippen molar-refractivity contribution in [2.24, 2.45) is 0 Å². The van der Waals surface area contributed by atoms with Crippen molar-refractivity contribution in [1.82, 2.24) is 0 Å². The van der Waals surface area contributed by atoms with Crippen LogP contribution in [0.25, 0.3) is 0 Å². The van der Waals surface area contributed by atoms with E-state index < -0.39 is 29.9 Å². The summed E-state index contributed by atoms with van der Waals surface area (Å²) in [4.78, 5) is 37.1. The molecule has 5 nitrogen and oxygen atoms in total. The van der Waals surface area contributed by atoms with E-state index >= 15 is 0 Å². The van der Waals surface area contributed by atoms with Crippen LogP contribution in [-0.2, 0) is 9.53 Å². The van der Waals surface area contributed by atoms with Crippen LogP contribution in [0.2, 0.25) is 10.0 Å². The second-order valence-electron chi connectivity index (χ2n) is 6.11. The van der Waals surface area contributed by atoms with Crippen LogP contribution in [0.4, 0.5) is 10.1 Å². The van der Waals surface area contributed by atoms with Gasteiger partial charge in [-0.3, -0.25) is 9.59 Å². The summed E-state index contributed by atoms with van der Waals surface area (Å²) in [5.41, 5.74) is 0.318. The molecular formula is C22H14Cl2FNO4. The maximum absolute atomic E-state index is 13.8. The number of esters is 1. The predicted octanol–water partition coefficient (Wildman–Crippen LogP) is 5.16. The van der Waals surface area contributed by atoms with Gasteiger partial charge in [0.15, 0.2) is 12.4 Å². The third kappa shape index (κ3) is 5.03. The van der Waals surface area contributed by atoms with E-state index in [2.05, 4.69) is 5.32 Å². The van der Waals surface area contributed by atoms with E-state index in [0.717, 1.165) is 6.07 Å². The van der Waals surface area contributed by atoms with Crippen molar-refractivity contribution in [3.8, 4) is 0 Å². The van der Waals surface area contributed by atoms with Crippen molar-refractivity contribution in [1.29, 1.82) is 0 Å². The predicted molar refractivity (Wildman–Crippen MR) is 112 cm³/mol. The Labute approximate surface area is 181 Å². The number of rotatable bonds is 6. The number of ether oxygens (including phenoxy) is 1. The van der Waals surface area contributed by atoms with Gasteiger partial charge in [-0.05, 0) is 30.3 Å². The van der Waals surface area contributed by atoms with Gasteiger partial charge in [0.2, 0.25) is 0 Å². The zero-order valence-corrected chi connectivity index (χ0v) is 16.8. The van der Waals surface area contributed by atoms with Crippen molar-refractivity contribution >= 4 is 46.5 Å². The number of carbonyl (C=O) groups excluding carboxylic acids is 3. The van der Waals surface area contributed by atoms with Gasteiger partial charge in [-0.25, -0.2) is 9.18 Å². The Bertz CT molecular complexity index is 1100. The number of carbonyl (C=O) groups is 3. The molecule has 0 unspecified atom stereocenters. The molecule has 1 amide bonds. The molecule has 0 fully saturated rings. The largest absolute Gasteiger partial charge is 0.452 e. The minimum Gasteiger partial charge on any atom is -0.452 e. The summed E-state index contributed by atoms with van der Waals surface area (Å²) in [6.07, 6.45) is 0. The molecule has 152 valence electrons. The third-order valence-electron chi connectivity index (χ3n) is 4.04. The molecule has 8 heteroatoms. The first-order valence-electron chi connectivity index (χ1n) is 8.67. The molecule has 0 aromatic heterocycles. The van der Waals surface area contributed by atoms with Crippen LogP contribution < -0.4 is 5.32 Å². The van der Waals surface area contributed by atoms with Gasteiger partial charge >= 0.3 is 5.97 Å². The van der Waals surface area contributed by atoms with Crippen LogP contribution in [0.1, 0.15) is 26.3 Å². The summed E-state index contributed by atoms with van der Waals surface area (Å²) in [6.45, 7) is -0.703. The van der Waals surface area contributed by atoms with Gasteiger partial charge in [-0.15, -0.1) is 0 Å². The average molecular weight is 446 g/mol. The lowest BCUT2D eigenvalue weighted by molar-refractivity contribution is -0.119. The smallest absolute Gasteiger partial charge is 0.343 e. The van der Waals surface area contributed by atoms with Gasteiger partial charge in [0, 0.05) is 16.1 Å². The van der Waals surface area contributed by atoms with Crippen molar-refractivity contribution in [2.75, 3.05) is 11.9 Å². The van der Waals surface area contributed by atoms with E-state index in [4.69, 9.17) is 27.9 Å². The Kier molecular flexibility index (Phi) is 6.82. The molecule has 1 N–H and O–H groups in total. The molecule has 0 saturated carbocycles. The molecular weight excluding hydrogens is 432 g/mol. The van der Waals surface area contributed by atoms with E-state index in [1.54, 1.807) is 30.3 Å². The highest BCUT2D eigenvalue weighted by Crippen LogP contribution is 2.24. The zero-order valence-electron chi connectivity index (χ0n) is 15.3. The summed E-state index contributed by atoms with van der Waals surface area (Å²) < 4.78 is 18.6. The van der Waals surface area contributed by atoms with Crippen LogP contribution in [0.15, 0.2) is 66.7 Å². The molecule has 0 saturated heterocycles. The summed E-state index contributed by atoms with van der Waals surface area (Å²) in [7, 11) is 0. The second-order valence-corrected chi connectivity index (χ2v) is 6.95. The molecule has 0 heterocycles. The summed E-state index contributed by atoms with van der Waals surface area (Å²) >= 11 is 11.8. The lowest BCUT2D eigenvalue weighted by Crippen LogP contribution is -2.22. The normalized spacial score (nSPS) is 10.4. The van der Waals surface area contributed by atoms with Crippen molar-refractivity contribution in [3.63, 3.8) is 0 Å². The number of hydrogen-bond donors (Lipinski definition) is 1. The van der Waals surface area contributed by atoms with E-state index in [-0.39, 0.29) is 22.1 Å². The van der Waals surface area contributed by atoms with Crippen molar-refractivity contribution in [3.05, 3.63) is 99.3 Å². The van der Waals surface area contributed by atoms with Crippen LogP contribution in [0.5, 0.6) is 0 Å². The lowest BCUT2D eigenvalue weighted by Gasteiger charge is -2.12. The summed E-state index contributed by atoms with van der Waals surface area (Å²) in [6, 6.07) is 16.6. The van der Waals surface area contributed by atoms with E-state index in [1.165, 1.54) is 30.3 Å². The fraction of sp³-hybridized carbons (Fsp3) is 0.0455. The Hall–Kier alpha value is -3.22. The molecule has 0 aliphatic heterocycles. The minimum absolute atomic E-state index is 0.131. The highest BCUT2D eigenvalue weighted by molar-refractivity contribution is 6.33. The van der Waals surface area contributed by atoms with Gasteiger partial charge in [0.1, 0.15) is 11.4 Å². The molecule has 0 aliphatic carbocycles. The maximum Gasteiger partial charge on any atom is 0.343 e. The SMILES string of the molecule is O=C(COC(=O)c1c(F)cccc1Cl)Nc1ccc(Cl)cc1C(=O)c1ccccc1. The quantitative estimate of drug-likeness (QED) is 0.420. The fourth-order valence-electron chi connectivity index (χ4n) is 2.64. The monoisotopic (exact) mass is 445 g/mol. The van der Waals surface area contributed by atoms with Gasteiger partial charge in [0.05, 0.1) is 10.7 Å². The molecule has 0 bridgehead atoms. The number of amides is 1. The fourth-order valence-corrected chi connectivity index (χ4v) is 3.05. The first kappa shape index (κ1) is 21.5. The molecule has 0 spiro atoms. The number of nitrogens with one attached hydrogen (secondary N) is 1. The van der Waals surface area contributed by atoms with Crippen LogP contribution >= 0.6 is 23.2 Å². The van der Waals surface area contributed by atoms with Crippen molar-refractivity contribution in [2.45, 2.75) is 0 Å². The first-order valence-corrected chi connectivity index (χ1v) is 9.42. The Balaban J connectivity index is 1.73. The third-order valence-corrected chi connectivity index (χ3v) is 4.59. The van der Waals surface area contributed by atoms with Gasteiger partial charge in [-0.2, -0.15) is 0 Å². The number of hydrogen-bond acceptors (Lipinski definition) is 4. The van der Waals surface area contributed by atoms with E-state index in [1.807, 2.05) is 0 Å². The van der Waals surface area contributed by atoms with Crippen LogP contribution in [-0.4, -0.2) is 24.3 Å². The number of benzene rings is 3. The molecule has 3 aromatic carbocycles. The summed E-state index contributed by atoms with van der Waals surface area (Å²) in [5.74, 6) is -3.00. The highest BCUT2D eigenvalue weighted by atomic mass is 35.5. The molecule has 0 radical (unpaired) electrons. The molecule has 3 rings (SSSR count). The molecule has 30 heavy (non-hydrogen) atoms. The van der Waals surface area contributed by atoms with Gasteiger partial charge in [0.25, 0.3) is 5.91 Å². The number of anilines is 1. The second kappa shape index (κ2) is 9.52. The maximum atomic E-state index is 13.8. The molecule has 3 aromatic rings. The zero-order chi connectivity index (χ0) is 21.7. The van der Waals surface area contributed by atoms with Crippen molar-refractivity contribution < 1.29 is 23.5 Å². The highest BCUT2D eigenvalue weighted by Gasteiger charge is 2.20. The van der Waals surface area contributed by atoms with Crippen LogP contribution in [0.3, 0.4) is 0 Å². The summed E-state index contributed by atoms with van der Waals surface area (Å²) in [5, 5.41) is 2.68. The van der Waals surface area contributed by atoms with E-state index in [0.29, 0.717) is 10.6 Å². The van der Waals surface area contributed by atoms with E-state index in [9.17, 15) is 18.8 Å². The molecule has 0 atom stereocenters. The van der Waals surface area contributed by atoms with Gasteiger partial charge in [-0.1, -0.05) is 59.6 Å². The topological polar surface area (TPSA) is 72.5 Å². The average Bonchev–Trinajstić information content (AvgIpc) is 2.73. The standard InChI is InChI=1S/C22H14Cl2FNO4/c23-14-9-10-18(15(11-14)21(28)13-5-2-1-3-6-13)26-19(27)12-30-22(29)20-16(24)7-4-8-17(20)25/h1-11H,12H2,(H,26,27). The molecule has 0 aliphatic rings. The minimum atomic E-state index is -1.08. The van der Waals surface area contributed by atoms with Gasteiger partial charge < -0.3 is 10.1 Å².